The van der Waals surface area contributed by atoms with Gasteiger partial charge in [-0.15, -0.1) is 0 Å². The van der Waals surface area contributed by atoms with Gasteiger partial charge in [0.1, 0.15) is 6.26 Å². The number of oxazole rings is 1. The summed E-state index contributed by atoms with van der Waals surface area (Å²) >= 11 is 5.89. The van der Waals surface area contributed by atoms with Crippen LogP contribution in [-0.4, -0.2) is 50.2 Å². The van der Waals surface area contributed by atoms with Crippen molar-refractivity contribution in [2.24, 2.45) is 5.92 Å². The molecule has 7 nitrogen and oxygen atoms in total. The van der Waals surface area contributed by atoms with Crippen molar-refractivity contribution in [2.45, 2.75) is 70.8 Å². The van der Waals surface area contributed by atoms with E-state index in [0.29, 0.717) is 36.9 Å². The van der Waals surface area contributed by atoms with E-state index in [4.69, 9.17) is 20.4 Å². The van der Waals surface area contributed by atoms with E-state index in [1.807, 2.05) is 24.3 Å². The molecule has 0 aliphatic carbocycles. The van der Waals surface area contributed by atoms with Crippen LogP contribution >= 0.6 is 11.6 Å². The molecule has 9 heteroatoms. The van der Waals surface area contributed by atoms with Gasteiger partial charge in [-0.1, -0.05) is 51.4 Å². The Morgan fingerprint density at radius 3 is 2.62 bits per heavy atom. The number of rotatable bonds is 10. The SMILES string of the molecule is CC(C)C(C)(C)[Si](C)(C)OC1CN[C@H](C(=O)c2nc(C(=O)NCCc3ccc(Cl)cc3)co2)C1. The van der Waals surface area contributed by atoms with Gasteiger partial charge in [-0.25, -0.2) is 4.98 Å². The number of Topliss-reactive ketones (excluding diaryl/α,β-unsaturated/α-hetero) is 1. The summed E-state index contributed by atoms with van der Waals surface area (Å²) in [6.07, 6.45) is 2.43. The zero-order chi connectivity index (χ0) is 25.1. The lowest BCUT2D eigenvalue weighted by atomic mass is 9.99. The highest BCUT2D eigenvalue weighted by atomic mass is 35.5. The van der Waals surface area contributed by atoms with Crippen LogP contribution in [0.3, 0.4) is 0 Å². The molecule has 3 rings (SSSR count). The fraction of sp³-hybridized carbons (Fsp3) is 0.560. The number of halogens is 1. The molecule has 0 radical (unpaired) electrons. The number of carbonyl (C=O) groups excluding carboxylic acids is 2. The predicted octanol–water partition coefficient (Wildman–Crippen LogP) is 4.87. The molecule has 2 heterocycles. The average Bonchev–Trinajstić information content (AvgIpc) is 3.44. The lowest BCUT2D eigenvalue weighted by Crippen LogP contribution is -2.48. The maximum Gasteiger partial charge on any atom is 0.273 e. The van der Waals surface area contributed by atoms with Crippen LogP contribution in [0.15, 0.2) is 34.9 Å². The molecule has 1 aromatic heterocycles. The van der Waals surface area contributed by atoms with Crippen molar-refractivity contribution in [1.29, 1.82) is 0 Å². The van der Waals surface area contributed by atoms with Gasteiger partial charge in [-0.3, -0.25) is 9.59 Å². The van der Waals surface area contributed by atoms with Gasteiger partial charge in [0, 0.05) is 18.1 Å². The molecular formula is C25H36ClN3O4Si. The number of hydrogen-bond acceptors (Lipinski definition) is 6. The topological polar surface area (TPSA) is 93.5 Å². The van der Waals surface area contributed by atoms with Crippen molar-refractivity contribution >= 4 is 31.6 Å². The van der Waals surface area contributed by atoms with Crippen LogP contribution in [-0.2, 0) is 10.8 Å². The molecule has 2 atom stereocenters. The minimum atomic E-state index is -2.00. The van der Waals surface area contributed by atoms with E-state index in [-0.39, 0.29) is 34.4 Å². The van der Waals surface area contributed by atoms with E-state index >= 15 is 0 Å². The van der Waals surface area contributed by atoms with Crippen LogP contribution in [0.25, 0.3) is 0 Å². The largest absolute Gasteiger partial charge is 0.441 e. The van der Waals surface area contributed by atoms with Crippen molar-refractivity contribution in [3.63, 3.8) is 0 Å². The van der Waals surface area contributed by atoms with Gasteiger partial charge >= 0.3 is 0 Å². The third-order valence-electron chi connectivity index (χ3n) is 7.42. The van der Waals surface area contributed by atoms with Crippen molar-refractivity contribution < 1.29 is 18.4 Å². The standard InChI is InChI=1S/C25H36ClN3O4Si/c1-16(2)25(3,4)34(5,6)33-19-13-20(28-14-19)22(30)24-29-21(15-32-24)23(31)27-12-11-17-7-9-18(26)10-8-17/h7-10,15-16,19-20,28H,11-14H2,1-6H3,(H,27,31)/t19?,20-/m0/s1. The van der Waals surface area contributed by atoms with Crippen LogP contribution in [0.2, 0.25) is 23.2 Å². The summed E-state index contributed by atoms with van der Waals surface area (Å²) in [5.41, 5.74) is 1.16. The molecule has 34 heavy (non-hydrogen) atoms. The maximum atomic E-state index is 12.9. The summed E-state index contributed by atoms with van der Waals surface area (Å²) in [7, 11) is -2.00. The van der Waals surface area contributed by atoms with E-state index < -0.39 is 14.4 Å². The van der Waals surface area contributed by atoms with Gasteiger partial charge in [0.15, 0.2) is 14.0 Å². The number of benzene rings is 1. The average molecular weight is 506 g/mol. The summed E-state index contributed by atoms with van der Waals surface area (Å²) in [6, 6.07) is 7.03. The van der Waals surface area contributed by atoms with Crippen LogP contribution in [0.5, 0.6) is 0 Å². The molecule has 1 aromatic carbocycles. The van der Waals surface area contributed by atoms with Gasteiger partial charge in [0.2, 0.25) is 5.78 Å². The molecule has 1 aliphatic rings. The van der Waals surface area contributed by atoms with E-state index in [0.717, 1.165) is 5.56 Å². The first-order valence-corrected chi connectivity index (χ1v) is 15.1. The van der Waals surface area contributed by atoms with Crippen LogP contribution in [0.1, 0.15) is 60.9 Å². The second-order valence-corrected chi connectivity index (χ2v) is 15.3. The Morgan fingerprint density at radius 2 is 1.97 bits per heavy atom. The first kappa shape index (κ1) is 26.6. The lowest BCUT2D eigenvalue weighted by Gasteiger charge is -2.44. The predicted molar refractivity (Wildman–Crippen MR) is 136 cm³/mol. The minimum absolute atomic E-state index is 0.0285. The number of carbonyl (C=O) groups is 2. The highest BCUT2D eigenvalue weighted by molar-refractivity contribution is 6.74. The third kappa shape index (κ3) is 6.16. The zero-order valence-corrected chi connectivity index (χ0v) is 22.7. The van der Waals surface area contributed by atoms with Gasteiger partial charge in [-0.05, 0) is 54.6 Å². The lowest BCUT2D eigenvalue weighted by molar-refractivity contribution is 0.0909. The van der Waals surface area contributed by atoms with Gasteiger partial charge < -0.3 is 19.5 Å². The molecule has 1 aliphatic heterocycles. The van der Waals surface area contributed by atoms with E-state index in [9.17, 15) is 9.59 Å². The molecular weight excluding hydrogens is 470 g/mol. The second kappa shape index (κ2) is 10.7. The number of ketones is 1. The molecule has 1 amide bonds. The molecule has 0 saturated carbocycles. The number of nitrogens with zero attached hydrogens (tertiary/aromatic N) is 1. The van der Waals surface area contributed by atoms with Gasteiger partial charge in [-0.2, -0.15) is 0 Å². The van der Waals surface area contributed by atoms with Gasteiger partial charge in [0.05, 0.1) is 12.1 Å². The highest BCUT2D eigenvalue weighted by Crippen LogP contribution is 2.45. The molecule has 1 saturated heterocycles. The normalized spacial score (nSPS) is 18.9. The Kier molecular flexibility index (Phi) is 8.39. The first-order valence-electron chi connectivity index (χ1n) is 11.8. The summed E-state index contributed by atoms with van der Waals surface area (Å²) in [4.78, 5) is 29.5. The van der Waals surface area contributed by atoms with E-state index in [1.54, 1.807) is 0 Å². The van der Waals surface area contributed by atoms with Crippen molar-refractivity contribution in [3.05, 3.63) is 52.7 Å². The van der Waals surface area contributed by atoms with Crippen molar-refractivity contribution in [1.82, 2.24) is 15.6 Å². The Labute approximate surface area is 208 Å². The second-order valence-electron chi connectivity index (χ2n) is 10.4. The van der Waals surface area contributed by atoms with Crippen LogP contribution in [0.4, 0.5) is 0 Å². The quantitative estimate of drug-likeness (QED) is 0.353. The fourth-order valence-corrected chi connectivity index (χ4v) is 6.79. The van der Waals surface area contributed by atoms with Gasteiger partial charge in [0.25, 0.3) is 11.8 Å². The van der Waals surface area contributed by atoms with Crippen LogP contribution < -0.4 is 10.6 Å². The number of nitrogens with one attached hydrogen (secondary N) is 2. The maximum absolute atomic E-state index is 12.9. The summed E-state index contributed by atoms with van der Waals surface area (Å²) in [5, 5.41) is 6.82. The summed E-state index contributed by atoms with van der Waals surface area (Å²) in [5.74, 6) is -0.182. The zero-order valence-electron chi connectivity index (χ0n) is 20.9. The smallest absolute Gasteiger partial charge is 0.273 e. The van der Waals surface area contributed by atoms with Crippen molar-refractivity contribution in [3.8, 4) is 0 Å². The number of amides is 1. The minimum Gasteiger partial charge on any atom is -0.441 e. The van der Waals surface area contributed by atoms with Crippen LogP contribution in [0, 0.1) is 5.92 Å². The highest BCUT2D eigenvalue weighted by Gasteiger charge is 2.46. The monoisotopic (exact) mass is 505 g/mol. The number of aromatic nitrogens is 1. The Bertz CT molecular complexity index is 1000. The Hall–Kier alpha value is -2.00. The Morgan fingerprint density at radius 1 is 1.29 bits per heavy atom. The van der Waals surface area contributed by atoms with Crippen molar-refractivity contribution in [2.75, 3.05) is 13.1 Å². The summed E-state index contributed by atoms with van der Waals surface area (Å²) < 4.78 is 11.9. The third-order valence-corrected chi connectivity index (χ3v) is 12.3. The summed E-state index contributed by atoms with van der Waals surface area (Å²) in [6.45, 7) is 14.5. The molecule has 0 spiro atoms. The molecule has 2 aromatic rings. The Balaban J connectivity index is 1.52. The molecule has 1 unspecified atom stereocenters. The molecule has 186 valence electrons. The molecule has 2 N–H and O–H groups in total. The first-order chi connectivity index (χ1) is 15.9. The van der Waals surface area contributed by atoms with E-state index in [2.05, 4.69) is 56.4 Å². The number of hydrogen-bond donors (Lipinski definition) is 2. The fourth-order valence-electron chi connectivity index (χ4n) is 3.96. The molecule has 1 fully saturated rings. The molecule has 0 bridgehead atoms. The van der Waals surface area contributed by atoms with E-state index in [1.165, 1.54) is 6.26 Å².